The van der Waals surface area contributed by atoms with Gasteiger partial charge in [0.25, 0.3) is 5.69 Å². The number of aliphatic hydroxyl groups excluding tert-OH is 1. The van der Waals surface area contributed by atoms with E-state index in [0.29, 0.717) is 11.6 Å². The molecule has 2 aliphatic rings. The van der Waals surface area contributed by atoms with Crippen molar-refractivity contribution >= 4 is 11.4 Å². The van der Waals surface area contributed by atoms with Gasteiger partial charge < -0.3 is 10.0 Å². The van der Waals surface area contributed by atoms with Crippen molar-refractivity contribution in [2.45, 2.75) is 51.2 Å². The Balaban J connectivity index is 1.86. The van der Waals surface area contributed by atoms with Crippen molar-refractivity contribution in [1.29, 1.82) is 0 Å². The van der Waals surface area contributed by atoms with Crippen LogP contribution in [0.25, 0.3) is 0 Å². The molecule has 1 aliphatic heterocycles. The third-order valence-corrected chi connectivity index (χ3v) is 5.00. The molecule has 3 rings (SSSR count). The first-order chi connectivity index (χ1) is 10.2. The number of benzene rings is 1. The van der Waals surface area contributed by atoms with E-state index in [4.69, 9.17) is 0 Å². The average Bonchev–Trinajstić information content (AvgIpc) is 3.16. The predicted molar refractivity (Wildman–Crippen MR) is 81.3 cm³/mol. The van der Waals surface area contributed by atoms with Crippen LogP contribution in [0.4, 0.5) is 11.4 Å². The van der Waals surface area contributed by atoms with Crippen molar-refractivity contribution in [2.75, 3.05) is 11.4 Å². The van der Waals surface area contributed by atoms with Crippen LogP contribution < -0.4 is 4.90 Å². The van der Waals surface area contributed by atoms with E-state index in [1.54, 1.807) is 6.07 Å². The second-order valence-electron chi connectivity index (χ2n) is 6.18. The smallest absolute Gasteiger partial charge is 0.275 e. The largest absolute Gasteiger partial charge is 0.391 e. The van der Waals surface area contributed by atoms with Crippen molar-refractivity contribution in [3.8, 4) is 0 Å². The van der Waals surface area contributed by atoms with E-state index in [2.05, 4.69) is 4.90 Å². The van der Waals surface area contributed by atoms with Crippen LogP contribution in [-0.4, -0.2) is 22.6 Å². The molecule has 1 aliphatic carbocycles. The number of nitro benzene ring substituents is 1. The van der Waals surface area contributed by atoms with Crippen molar-refractivity contribution < 1.29 is 10.0 Å². The molecule has 1 atom stereocenters. The minimum Gasteiger partial charge on any atom is -0.391 e. The summed E-state index contributed by atoms with van der Waals surface area (Å²) in [6.45, 7) is 0.732. The first-order valence-electron chi connectivity index (χ1n) is 7.85. The number of hydrogen-bond donors (Lipinski definition) is 1. The summed E-state index contributed by atoms with van der Waals surface area (Å²) in [5.41, 5.74) is 1.45. The lowest BCUT2D eigenvalue weighted by Gasteiger charge is -2.31. The molecule has 0 bridgehead atoms. The van der Waals surface area contributed by atoms with Gasteiger partial charge in [-0.15, -0.1) is 0 Å². The molecule has 1 aromatic carbocycles. The molecule has 0 aromatic heterocycles. The van der Waals surface area contributed by atoms with Crippen molar-refractivity contribution in [2.24, 2.45) is 5.92 Å². The lowest BCUT2D eigenvalue weighted by atomic mass is 9.95. The second kappa shape index (κ2) is 6.02. The van der Waals surface area contributed by atoms with Crippen LogP contribution in [0, 0.1) is 16.0 Å². The zero-order chi connectivity index (χ0) is 14.8. The Labute approximate surface area is 124 Å². The minimum absolute atomic E-state index is 0.0119. The molecule has 0 radical (unpaired) electrons. The van der Waals surface area contributed by atoms with Gasteiger partial charge in [0.2, 0.25) is 0 Å². The first-order valence-corrected chi connectivity index (χ1v) is 7.85. The van der Waals surface area contributed by atoms with E-state index in [9.17, 15) is 15.2 Å². The van der Waals surface area contributed by atoms with Gasteiger partial charge in [-0.1, -0.05) is 12.8 Å². The maximum atomic E-state index is 11.0. The lowest BCUT2D eigenvalue weighted by molar-refractivity contribution is -0.385. The highest BCUT2D eigenvalue weighted by Crippen LogP contribution is 2.38. The fourth-order valence-electron chi connectivity index (χ4n) is 4.00. The monoisotopic (exact) mass is 290 g/mol. The van der Waals surface area contributed by atoms with Gasteiger partial charge in [0.05, 0.1) is 17.1 Å². The van der Waals surface area contributed by atoms with Gasteiger partial charge >= 0.3 is 0 Å². The second-order valence-corrected chi connectivity index (χ2v) is 6.18. The maximum Gasteiger partial charge on any atom is 0.275 e. The standard InChI is InChI=1S/C16H22N2O3/c19-11-13-10-14(7-8-16(13)18(20)21)17-9-3-6-15(17)12-4-1-2-5-12/h7-8,10,12,15,19H,1-6,9,11H2. The van der Waals surface area contributed by atoms with Crippen molar-refractivity contribution in [3.63, 3.8) is 0 Å². The summed E-state index contributed by atoms with van der Waals surface area (Å²) in [4.78, 5) is 12.9. The van der Waals surface area contributed by atoms with E-state index in [1.165, 1.54) is 44.6 Å². The highest BCUT2D eigenvalue weighted by Gasteiger charge is 2.33. The summed E-state index contributed by atoms with van der Waals surface area (Å²) in [6.07, 6.45) is 7.68. The molecule has 21 heavy (non-hydrogen) atoms. The zero-order valence-electron chi connectivity index (χ0n) is 12.2. The van der Waals surface area contributed by atoms with Crippen LogP contribution in [0.1, 0.15) is 44.1 Å². The number of nitro groups is 1. The Morgan fingerprint density at radius 1 is 1.24 bits per heavy atom. The molecule has 1 heterocycles. The highest BCUT2D eigenvalue weighted by atomic mass is 16.6. The molecule has 1 saturated heterocycles. The Morgan fingerprint density at radius 2 is 2.00 bits per heavy atom. The van der Waals surface area contributed by atoms with Crippen LogP contribution in [0.5, 0.6) is 0 Å². The summed E-state index contributed by atoms with van der Waals surface area (Å²) in [6, 6.07) is 5.74. The van der Waals surface area contributed by atoms with Crippen LogP contribution in [0.2, 0.25) is 0 Å². The summed E-state index contributed by atoms with van der Waals surface area (Å²) in [5, 5.41) is 20.4. The summed E-state index contributed by atoms with van der Waals surface area (Å²) in [5.74, 6) is 0.764. The van der Waals surface area contributed by atoms with E-state index >= 15 is 0 Å². The molecule has 0 spiro atoms. The fraction of sp³-hybridized carbons (Fsp3) is 0.625. The van der Waals surface area contributed by atoms with Gasteiger partial charge in [-0.05, 0) is 43.7 Å². The van der Waals surface area contributed by atoms with Gasteiger partial charge in [0.1, 0.15) is 0 Å². The Morgan fingerprint density at radius 3 is 2.67 bits per heavy atom. The summed E-state index contributed by atoms with van der Waals surface area (Å²) >= 11 is 0. The summed E-state index contributed by atoms with van der Waals surface area (Å²) < 4.78 is 0. The van der Waals surface area contributed by atoms with Crippen LogP contribution in [0.15, 0.2) is 18.2 Å². The Hall–Kier alpha value is -1.62. The Bertz CT molecular complexity index is 526. The topological polar surface area (TPSA) is 66.6 Å². The van der Waals surface area contributed by atoms with Gasteiger partial charge in [-0.2, -0.15) is 0 Å². The van der Waals surface area contributed by atoms with Crippen molar-refractivity contribution in [3.05, 3.63) is 33.9 Å². The molecule has 1 unspecified atom stereocenters. The van der Waals surface area contributed by atoms with Gasteiger partial charge in [-0.3, -0.25) is 10.1 Å². The molecule has 114 valence electrons. The average molecular weight is 290 g/mol. The van der Waals surface area contributed by atoms with Gasteiger partial charge in [0.15, 0.2) is 0 Å². The normalized spacial score (nSPS) is 22.9. The Kier molecular flexibility index (Phi) is 4.10. The van der Waals surface area contributed by atoms with E-state index < -0.39 is 4.92 Å². The molecule has 2 fully saturated rings. The minimum atomic E-state index is -0.423. The molecule has 5 heteroatoms. The van der Waals surface area contributed by atoms with Crippen molar-refractivity contribution in [1.82, 2.24) is 0 Å². The van der Waals surface area contributed by atoms with Gasteiger partial charge in [0, 0.05) is 24.3 Å². The maximum absolute atomic E-state index is 11.0. The van der Waals surface area contributed by atoms with E-state index in [-0.39, 0.29) is 12.3 Å². The predicted octanol–water partition coefficient (Wildman–Crippen LogP) is 3.25. The third kappa shape index (κ3) is 2.75. The molecular formula is C16H22N2O3. The molecule has 1 saturated carbocycles. The SMILES string of the molecule is O=[N+]([O-])c1ccc(N2CCCC2C2CCCC2)cc1CO. The third-order valence-electron chi connectivity index (χ3n) is 5.00. The molecule has 1 N–H and O–H groups in total. The number of rotatable bonds is 4. The molecule has 1 aromatic rings. The zero-order valence-corrected chi connectivity index (χ0v) is 12.2. The molecule has 0 amide bonds. The fourth-order valence-corrected chi connectivity index (χ4v) is 4.00. The van der Waals surface area contributed by atoms with Crippen LogP contribution in [0.3, 0.4) is 0 Å². The quantitative estimate of drug-likeness (QED) is 0.683. The van der Waals surface area contributed by atoms with E-state index in [1.807, 2.05) is 6.07 Å². The summed E-state index contributed by atoms with van der Waals surface area (Å²) in [7, 11) is 0. The molecule has 5 nitrogen and oxygen atoms in total. The number of aliphatic hydroxyl groups is 1. The number of anilines is 1. The van der Waals surface area contributed by atoms with Gasteiger partial charge in [-0.25, -0.2) is 0 Å². The molecular weight excluding hydrogens is 268 g/mol. The van der Waals surface area contributed by atoms with Crippen LogP contribution >= 0.6 is 0 Å². The number of nitrogens with zero attached hydrogens (tertiary/aromatic N) is 2. The lowest BCUT2D eigenvalue weighted by Crippen LogP contribution is -2.34. The highest BCUT2D eigenvalue weighted by molar-refractivity contribution is 5.56. The number of hydrogen-bond acceptors (Lipinski definition) is 4. The van der Waals surface area contributed by atoms with E-state index in [0.717, 1.165) is 18.2 Å². The van der Waals surface area contributed by atoms with Crippen LogP contribution in [-0.2, 0) is 6.61 Å². The first kappa shape index (κ1) is 14.3.